The number of nitro groups is 1. The average Bonchev–Trinajstić information content (AvgIpc) is 3.21. The lowest BCUT2D eigenvalue weighted by Gasteiger charge is -1.94. The third kappa shape index (κ3) is 3.49. The molecule has 0 aliphatic rings. The van der Waals surface area contributed by atoms with Gasteiger partial charge in [0.15, 0.2) is 5.78 Å². The van der Waals surface area contributed by atoms with E-state index in [4.69, 9.17) is 0 Å². The fourth-order valence-electron chi connectivity index (χ4n) is 2.23. The molecule has 3 aromatic rings. The number of nitrogens with zero attached hydrogens (tertiary/aromatic N) is 2. The number of hydrogen-bond donors (Lipinski definition) is 0. The first-order chi connectivity index (χ1) is 12.0. The molecule has 25 heavy (non-hydrogen) atoms. The normalized spacial score (nSPS) is 12.5. The van der Waals surface area contributed by atoms with E-state index in [2.05, 4.69) is 0 Å². The highest BCUT2D eigenvalue weighted by Crippen LogP contribution is 2.17. The van der Waals surface area contributed by atoms with E-state index in [0.29, 0.717) is 19.6 Å². The molecule has 0 bridgehead atoms. The standard InChI is InChI=1S/C17H12N2O4S2/c1-18-16(10-13(20)14-7-4-8-24-14)25-15(17(18)21)9-11-5-2-3-6-12(11)19(22)23/h2-10H,1H3/b15-9+,16-10-. The molecule has 1 aromatic carbocycles. The van der Waals surface area contributed by atoms with Gasteiger partial charge in [-0.3, -0.25) is 19.7 Å². The Hall–Kier alpha value is -2.84. The molecule has 0 saturated carbocycles. The molecule has 8 heteroatoms. The molecule has 6 nitrogen and oxygen atoms in total. The number of aromatic nitrogens is 1. The Morgan fingerprint density at radius 2 is 2.00 bits per heavy atom. The van der Waals surface area contributed by atoms with Crippen molar-refractivity contribution in [2.24, 2.45) is 7.05 Å². The number of Topliss-reactive ketones (excluding diaryl/α,β-unsaturated/α-hetero) is 1. The Kier molecular flexibility index (Phi) is 4.73. The molecule has 0 N–H and O–H groups in total. The summed E-state index contributed by atoms with van der Waals surface area (Å²) in [4.78, 5) is 35.8. The lowest BCUT2D eigenvalue weighted by molar-refractivity contribution is -0.385. The van der Waals surface area contributed by atoms with E-state index in [1.54, 1.807) is 37.4 Å². The SMILES string of the molecule is Cn1c(=O)/c(=C\c2ccccc2[N+](=O)[O-])s/c1=C\C(=O)c1cccs1. The fraction of sp³-hybridized carbons (Fsp3) is 0.0588. The van der Waals surface area contributed by atoms with Gasteiger partial charge in [-0.1, -0.05) is 18.2 Å². The molecule has 0 spiro atoms. The molecule has 0 radical (unpaired) electrons. The van der Waals surface area contributed by atoms with Crippen molar-refractivity contribution in [3.05, 3.63) is 81.9 Å². The van der Waals surface area contributed by atoms with Gasteiger partial charge >= 0.3 is 0 Å². The van der Waals surface area contributed by atoms with E-state index >= 15 is 0 Å². The summed E-state index contributed by atoms with van der Waals surface area (Å²) in [5, 5.41) is 12.9. The number of carbonyl (C=O) groups excluding carboxylic acids is 1. The Bertz CT molecular complexity index is 1120. The van der Waals surface area contributed by atoms with Gasteiger partial charge < -0.3 is 4.57 Å². The van der Waals surface area contributed by atoms with Crippen LogP contribution in [0.3, 0.4) is 0 Å². The predicted molar refractivity (Wildman–Crippen MR) is 98.6 cm³/mol. The summed E-state index contributed by atoms with van der Waals surface area (Å²) >= 11 is 2.46. The number of para-hydroxylation sites is 1. The topological polar surface area (TPSA) is 82.2 Å². The van der Waals surface area contributed by atoms with Crippen molar-refractivity contribution >= 4 is 46.3 Å². The first-order valence-electron chi connectivity index (χ1n) is 7.18. The second-order valence-electron chi connectivity index (χ2n) is 5.11. The van der Waals surface area contributed by atoms with Gasteiger partial charge in [-0.25, -0.2) is 0 Å². The van der Waals surface area contributed by atoms with E-state index in [0.717, 1.165) is 11.3 Å². The third-order valence-corrected chi connectivity index (χ3v) is 5.50. The molecule has 3 rings (SSSR count). The van der Waals surface area contributed by atoms with Gasteiger partial charge in [0.05, 0.1) is 19.9 Å². The summed E-state index contributed by atoms with van der Waals surface area (Å²) in [6.07, 6.45) is 2.90. The van der Waals surface area contributed by atoms with E-state index in [9.17, 15) is 19.7 Å². The van der Waals surface area contributed by atoms with Crippen LogP contribution in [0.2, 0.25) is 0 Å². The van der Waals surface area contributed by atoms with Crippen LogP contribution < -0.4 is 14.8 Å². The Morgan fingerprint density at radius 3 is 2.68 bits per heavy atom. The van der Waals surface area contributed by atoms with E-state index in [1.165, 1.54) is 34.1 Å². The Balaban J connectivity index is 2.13. The molecule has 126 valence electrons. The largest absolute Gasteiger partial charge is 0.302 e. The van der Waals surface area contributed by atoms with Crippen LogP contribution in [-0.2, 0) is 7.05 Å². The summed E-state index contributed by atoms with van der Waals surface area (Å²) in [5.41, 5.74) is -0.0193. The highest BCUT2D eigenvalue weighted by Gasteiger charge is 2.11. The lowest BCUT2D eigenvalue weighted by atomic mass is 10.2. The van der Waals surface area contributed by atoms with Gasteiger partial charge in [-0.15, -0.1) is 22.7 Å². The minimum absolute atomic E-state index is 0.0712. The molecule has 0 fully saturated rings. The van der Waals surface area contributed by atoms with Crippen molar-refractivity contribution in [3.8, 4) is 0 Å². The van der Waals surface area contributed by atoms with E-state index in [1.807, 2.05) is 5.38 Å². The van der Waals surface area contributed by atoms with Crippen LogP contribution in [0.15, 0.2) is 46.6 Å². The number of benzene rings is 1. The van der Waals surface area contributed by atoms with Gasteiger partial charge in [0.1, 0.15) is 4.66 Å². The van der Waals surface area contributed by atoms with Crippen molar-refractivity contribution in [1.29, 1.82) is 0 Å². The van der Waals surface area contributed by atoms with E-state index < -0.39 is 4.92 Å². The van der Waals surface area contributed by atoms with Crippen LogP contribution in [0, 0.1) is 10.1 Å². The van der Waals surface area contributed by atoms with Gasteiger partial charge in [-0.2, -0.15) is 0 Å². The summed E-state index contributed by atoms with van der Waals surface area (Å²) in [6.45, 7) is 0. The average molecular weight is 372 g/mol. The lowest BCUT2D eigenvalue weighted by Crippen LogP contribution is -2.29. The van der Waals surface area contributed by atoms with Crippen LogP contribution in [0.1, 0.15) is 15.2 Å². The molecule has 0 amide bonds. The number of thiazole rings is 1. The zero-order valence-electron chi connectivity index (χ0n) is 13.0. The minimum Gasteiger partial charge on any atom is -0.302 e. The van der Waals surface area contributed by atoms with Gasteiger partial charge in [0, 0.05) is 19.2 Å². The second-order valence-corrected chi connectivity index (χ2v) is 7.12. The van der Waals surface area contributed by atoms with Crippen LogP contribution >= 0.6 is 22.7 Å². The van der Waals surface area contributed by atoms with E-state index in [-0.39, 0.29) is 17.0 Å². The smallest absolute Gasteiger partial charge is 0.276 e. The third-order valence-electron chi connectivity index (χ3n) is 3.50. The van der Waals surface area contributed by atoms with Gasteiger partial charge in [0.2, 0.25) is 0 Å². The maximum absolute atomic E-state index is 12.4. The number of hydrogen-bond acceptors (Lipinski definition) is 6. The van der Waals surface area contributed by atoms with Crippen LogP contribution in [0.4, 0.5) is 5.69 Å². The molecule has 0 aliphatic carbocycles. The van der Waals surface area contributed by atoms with Crippen molar-refractivity contribution in [3.63, 3.8) is 0 Å². The Labute approximate surface area is 149 Å². The van der Waals surface area contributed by atoms with Crippen molar-refractivity contribution in [2.45, 2.75) is 0 Å². The van der Waals surface area contributed by atoms with Crippen molar-refractivity contribution in [2.75, 3.05) is 0 Å². The molecule has 0 aliphatic heterocycles. The Morgan fingerprint density at radius 1 is 1.24 bits per heavy atom. The van der Waals surface area contributed by atoms with Crippen LogP contribution in [0.25, 0.3) is 12.2 Å². The van der Waals surface area contributed by atoms with Crippen LogP contribution in [-0.4, -0.2) is 15.3 Å². The predicted octanol–water partition coefficient (Wildman–Crippen LogP) is 1.91. The number of nitro benzene ring substituents is 1. The maximum Gasteiger partial charge on any atom is 0.276 e. The zero-order chi connectivity index (χ0) is 18.0. The number of rotatable bonds is 4. The summed E-state index contributed by atoms with van der Waals surface area (Å²) in [7, 11) is 1.57. The fourth-order valence-corrected chi connectivity index (χ4v) is 3.88. The second kappa shape index (κ2) is 6.96. The molecular weight excluding hydrogens is 360 g/mol. The highest BCUT2D eigenvalue weighted by atomic mass is 32.1. The molecule has 2 heterocycles. The maximum atomic E-state index is 12.4. The summed E-state index contributed by atoms with van der Waals surface area (Å²) in [6, 6.07) is 9.71. The first kappa shape index (κ1) is 17.0. The summed E-state index contributed by atoms with van der Waals surface area (Å²) < 4.78 is 2.20. The van der Waals surface area contributed by atoms with Crippen molar-refractivity contribution < 1.29 is 9.72 Å². The number of thiophene rings is 1. The molecule has 0 atom stereocenters. The van der Waals surface area contributed by atoms with Gasteiger partial charge in [-0.05, 0) is 23.6 Å². The quantitative estimate of drug-likeness (QED) is 0.398. The number of ketones is 1. The van der Waals surface area contributed by atoms with Gasteiger partial charge in [0.25, 0.3) is 11.2 Å². The summed E-state index contributed by atoms with van der Waals surface area (Å²) in [5.74, 6) is -0.177. The van der Waals surface area contributed by atoms with Crippen molar-refractivity contribution in [1.82, 2.24) is 4.57 Å². The van der Waals surface area contributed by atoms with Crippen LogP contribution in [0.5, 0.6) is 0 Å². The molecule has 0 saturated heterocycles. The molecule has 2 aromatic heterocycles. The number of carbonyl (C=O) groups is 1. The molecule has 0 unspecified atom stereocenters. The minimum atomic E-state index is -0.489. The first-order valence-corrected chi connectivity index (χ1v) is 8.87. The highest BCUT2D eigenvalue weighted by molar-refractivity contribution is 7.12. The zero-order valence-corrected chi connectivity index (χ0v) is 14.7. The monoisotopic (exact) mass is 372 g/mol. The molecular formula is C17H12N2O4S2.